The number of aliphatic carboxylic acids is 1. The summed E-state index contributed by atoms with van der Waals surface area (Å²) in [5, 5.41) is 15.2. The average molecular weight is 552 g/mol. The molecule has 3 heterocycles. The minimum Gasteiger partial charge on any atom is -0.480 e. The molecular formula is C27H36F3N5O4. The van der Waals surface area contributed by atoms with Crippen LogP contribution in [0.4, 0.5) is 19.0 Å². The van der Waals surface area contributed by atoms with Gasteiger partial charge in [-0.25, -0.2) is 9.78 Å². The quantitative estimate of drug-likeness (QED) is 0.287. The highest BCUT2D eigenvalue weighted by Crippen LogP contribution is 2.31. The van der Waals surface area contributed by atoms with Gasteiger partial charge in [-0.2, -0.15) is 13.2 Å². The van der Waals surface area contributed by atoms with Crippen molar-refractivity contribution in [2.24, 2.45) is 0 Å². The lowest BCUT2D eigenvalue weighted by molar-refractivity contribution is -0.139. The number of halogens is 3. The molecule has 39 heavy (non-hydrogen) atoms. The van der Waals surface area contributed by atoms with E-state index in [0.717, 1.165) is 68.5 Å². The molecule has 1 atom stereocenters. The van der Waals surface area contributed by atoms with E-state index >= 15 is 0 Å². The van der Waals surface area contributed by atoms with Gasteiger partial charge in [-0.1, -0.05) is 6.07 Å². The number of carbonyl (C=O) groups is 2. The highest BCUT2D eigenvalue weighted by atomic mass is 19.4. The van der Waals surface area contributed by atoms with Crippen LogP contribution in [0.1, 0.15) is 59.9 Å². The van der Waals surface area contributed by atoms with Crippen molar-refractivity contribution in [1.29, 1.82) is 0 Å². The normalized spacial score (nSPS) is 14.0. The largest absolute Gasteiger partial charge is 0.480 e. The zero-order valence-corrected chi connectivity index (χ0v) is 22.1. The van der Waals surface area contributed by atoms with Crippen LogP contribution < -0.4 is 10.6 Å². The van der Waals surface area contributed by atoms with E-state index < -0.39 is 35.4 Å². The van der Waals surface area contributed by atoms with E-state index in [-0.39, 0.29) is 6.42 Å². The third kappa shape index (κ3) is 9.47. The second-order valence-corrected chi connectivity index (χ2v) is 9.39. The summed E-state index contributed by atoms with van der Waals surface area (Å²) in [5.74, 6) is -1.54. The lowest BCUT2D eigenvalue weighted by Gasteiger charge is -2.24. The first kappa shape index (κ1) is 30.3. The van der Waals surface area contributed by atoms with Crippen molar-refractivity contribution in [3.05, 3.63) is 53.0 Å². The summed E-state index contributed by atoms with van der Waals surface area (Å²) in [4.78, 5) is 34.7. The third-order valence-electron chi connectivity index (χ3n) is 6.53. The highest BCUT2D eigenvalue weighted by Gasteiger charge is 2.36. The van der Waals surface area contributed by atoms with Crippen molar-refractivity contribution < 1.29 is 32.6 Å². The predicted octanol–water partition coefficient (Wildman–Crippen LogP) is 3.79. The Hall–Kier alpha value is -3.25. The van der Waals surface area contributed by atoms with Gasteiger partial charge in [-0.05, 0) is 75.8 Å². The topological polar surface area (TPSA) is 117 Å². The Bertz CT molecular complexity index is 1100. The summed E-state index contributed by atoms with van der Waals surface area (Å²) in [7, 11) is 0. The van der Waals surface area contributed by atoms with E-state index in [1.165, 1.54) is 5.56 Å². The van der Waals surface area contributed by atoms with Gasteiger partial charge in [0.15, 0.2) is 0 Å². The Morgan fingerprint density at radius 1 is 1.21 bits per heavy atom. The molecule has 12 heteroatoms. The van der Waals surface area contributed by atoms with E-state index in [1.54, 1.807) is 0 Å². The first-order chi connectivity index (χ1) is 18.7. The summed E-state index contributed by atoms with van der Waals surface area (Å²) in [5.41, 5.74) is 0.194. The Balaban J connectivity index is 1.54. The smallest absolute Gasteiger partial charge is 0.418 e. The number of aromatic nitrogens is 2. The van der Waals surface area contributed by atoms with Crippen LogP contribution in [-0.4, -0.2) is 77.3 Å². The molecule has 214 valence electrons. The SMILES string of the molecule is CCOCCN(CCCCc1ccc2c(n1)NCCC2)CCC(NC(=O)c1ncccc1C(F)(F)F)C(=O)O. The molecule has 0 bridgehead atoms. The number of rotatable bonds is 15. The van der Waals surface area contributed by atoms with Gasteiger partial charge in [0.25, 0.3) is 5.91 Å². The molecule has 0 radical (unpaired) electrons. The fourth-order valence-electron chi connectivity index (χ4n) is 4.43. The Morgan fingerprint density at radius 3 is 2.77 bits per heavy atom. The first-order valence-electron chi connectivity index (χ1n) is 13.3. The molecular weight excluding hydrogens is 515 g/mol. The van der Waals surface area contributed by atoms with Gasteiger partial charge in [0.2, 0.25) is 0 Å². The van der Waals surface area contributed by atoms with Crippen LogP contribution in [0.2, 0.25) is 0 Å². The zero-order chi connectivity index (χ0) is 28.3. The van der Waals surface area contributed by atoms with Crippen molar-refractivity contribution in [2.75, 3.05) is 44.7 Å². The molecule has 2 aromatic rings. The molecule has 3 rings (SSSR count). The summed E-state index contributed by atoms with van der Waals surface area (Å²) in [6.45, 7) is 5.38. The number of amides is 1. The van der Waals surface area contributed by atoms with E-state index in [1.807, 2.05) is 11.8 Å². The molecule has 0 fully saturated rings. The number of alkyl halides is 3. The minimum atomic E-state index is -4.79. The highest BCUT2D eigenvalue weighted by molar-refractivity contribution is 5.96. The van der Waals surface area contributed by atoms with Gasteiger partial charge in [0.05, 0.1) is 12.2 Å². The fourth-order valence-corrected chi connectivity index (χ4v) is 4.43. The summed E-state index contributed by atoms with van der Waals surface area (Å²) < 4.78 is 45.3. The van der Waals surface area contributed by atoms with Crippen molar-refractivity contribution >= 4 is 17.7 Å². The van der Waals surface area contributed by atoms with Crippen molar-refractivity contribution in [3.63, 3.8) is 0 Å². The second-order valence-electron chi connectivity index (χ2n) is 9.39. The molecule has 1 unspecified atom stereocenters. The number of nitrogens with one attached hydrogen (secondary N) is 2. The van der Waals surface area contributed by atoms with Gasteiger partial charge in [0, 0.05) is 38.1 Å². The Kier molecular flexibility index (Phi) is 11.5. The number of pyridine rings is 2. The van der Waals surface area contributed by atoms with Gasteiger partial charge in [0.1, 0.15) is 17.6 Å². The van der Waals surface area contributed by atoms with Crippen LogP contribution in [0, 0.1) is 0 Å². The maximum atomic E-state index is 13.3. The number of carboxylic acids is 1. The fraction of sp³-hybridized carbons (Fsp3) is 0.556. The molecule has 1 aliphatic rings. The van der Waals surface area contributed by atoms with E-state index in [2.05, 4.69) is 27.8 Å². The summed E-state index contributed by atoms with van der Waals surface area (Å²) in [6.07, 6.45) is 0.962. The van der Waals surface area contributed by atoms with Crippen molar-refractivity contribution in [3.8, 4) is 0 Å². The van der Waals surface area contributed by atoms with Gasteiger partial charge in [-0.15, -0.1) is 0 Å². The number of hydrogen-bond donors (Lipinski definition) is 3. The van der Waals surface area contributed by atoms with Crippen LogP contribution in [0.25, 0.3) is 0 Å². The maximum Gasteiger partial charge on any atom is 0.418 e. The lowest BCUT2D eigenvalue weighted by atomic mass is 10.1. The van der Waals surface area contributed by atoms with Gasteiger partial charge in [-0.3, -0.25) is 9.78 Å². The molecule has 3 N–H and O–H groups in total. The lowest BCUT2D eigenvalue weighted by Crippen LogP contribution is -2.44. The molecule has 0 saturated carbocycles. The number of ether oxygens (including phenoxy) is 1. The van der Waals surface area contributed by atoms with Crippen molar-refractivity contribution in [1.82, 2.24) is 20.2 Å². The predicted molar refractivity (Wildman–Crippen MR) is 140 cm³/mol. The number of unbranched alkanes of at least 4 members (excludes halogenated alkanes) is 1. The van der Waals surface area contributed by atoms with Crippen LogP contribution in [0.3, 0.4) is 0 Å². The van der Waals surface area contributed by atoms with Crippen LogP contribution in [-0.2, 0) is 28.5 Å². The third-order valence-corrected chi connectivity index (χ3v) is 6.53. The number of carbonyl (C=O) groups excluding carboxylic acids is 1. The first-order valence-corrected chi connectivity index (χ1v) is 13.3. The molecule has 0 spiro atoms. The monoisotopic (exact) mass is 551 g/mol. The standard InChI is InChI=1S/C27H36F3N5O4/c1-2-39-18-17-35(15-4-3-8-20-11-10-19-7-5-14-32-24(19)33-20)16-12-22(26(37)38)34-25(36)23-21(27(28,29)30)9-6-13-31-23/h6,9-11,13,22H,2-5,7-8,12,14-18H2,1H3,(H,32,33)(H,34,36)(H,37,38). The molecule has 0 saturated heterocycles. The van der Waals surface area contributed by atoms with Crippen LogP contribution in [0.5, 0.6) is 0 Å². The van der Waals surface area contributed by atoms with E-state index in [9.17, 15) is 27.9 Å². The molecule has 9 nitrogen and oxygen atoms in total. The Labute approximate surface area is 226 Å². The van der Waals surface area contributed by atoms with Crippen LogP contribution >= 0.6 is 0 Å². The maximum absolute atomic E-state index is 13.3. The number of fused-ring (bicyclic) bond motifs is 1. The zero-order valence-electron chi connectivity index (χ0n) is 22.1. The van der Waals surface area contributed by atoms with Gasteiger partial charge >= 0.3 is 12.1 Å². The molecule has 0 aromatic carbocycles. The van der Waals surface area contributed by atoms with E-state index in [4.69, 9.17) is 9.72 Å². The summed E-state index contributed by atoms with van der Waals surface area (Å²) >= 11 is 0. The number of anilines is 1. The van der Waals surface area contributed by atoms with Crippen molar-refractivity contribution in [2.45, 2.75) is 57.7 Å². The Morgan fingerprint density at radius 2 is 2.03 bits per heavy atom. The molecule has 1 aliphatic heterocycles. The number of nitrogens with zero attached hydrogens (tertiary/aromatic N) is 3. The number of aryl methyl sites for hydroxylation is 2. The van der Waals surface area contributed by atoms with Gasteiger partial charge < -0.3 is 25.4 Å². The number of hydrogen-bond acceptors (Lipinski definition) is 7. The molecule has 1 amide bonds. The number of carboxylic acid groups (broad SMARTS) is 1. The minimum absolute atomic E-state index is 0.0133. The molecule has 0 aliphatic carbocycles. The second kappa shape index (κ2) is 14.8. The van der Waals surface area contributed by atoms with Crippen LogP contribution in [0.15, 0.2) is 30.5 Å². The summed E-state index contributed by atoms with van der Waals surface area (Å²) in [6, 6.07) is 4.63. The average Bonchev–Trinajstić information content (AvgIpc) is 2.92. The molecule has 2 aromatic heterocycles. The van der Waals surface area contributed by atoms with E-state index in [0.29, 0.717) is 32.8 Å².